The van der Waals surface area contributed by atoms with Gasteiger partial charge in [0.2, 0.25) is 0 Å². The molecule has 23 heavy (non-hydrogen) atoms. The van der Waals surface area contributed by atoms with E-state index in [1.807, 2.05) is 0 Å². The standard InChI is InChI=1S/C15H13FN2O2S.2ClH/c1-18-13-5-3-4-12(16)14(13)17-15(18)10-6-8-11(9-7-10)21(2,19)20;;/h3-9H,1-2H3;2*1H. The van der Waals surface area contributed by atoms with Crippen molar-refractivity contribution in [2.24, 2.45) is 7.05 Å². The molecule has 124 valence electrons. The second-order valence-corrected chi connectivity index (χ2v) is 6.91. The molecule has 0 unspecified atom stereocenters. The fourth-order valence-electron chi connectivity index (χ4n) is 2.29. The minimum absolute atomic E-state index is 0. The van der Waals surface area contributed by atoms with E-state index in [2.05, 4.69) is 4.98 Å². The number of sulfone groups is 1. The minimum atomic E-state index is -3.23. The highest BCUT2D eigenvalue weighted by atomic mass is 35.5. The quantitative estimate of drug-likeness (QED) is 0.686. The van der Waals surface area contributed by atoms with Gasteiger partial charge in [-0.05, 0) is 36.4 Å². The van der Waals surface area contributed by atoms with Crippen LogP contribution in [0.1, 0.15) is 0 Å². The summed E-state index contributed by atoms with van der Waals surface area (Å²) >= 11 is 0. The molecule has 0 aliphatic heterocycles. The van der Waals surface area contributed by atoms with Crippen LogP contribution in [-0.2, 0) is 16.9 Å². The van der Waals surface area contributed by atoms with E-state index in [0.717, 1.165) is 11.8 Å². The van der Waals surface area contributed by atoms with Crippen LogP contribution in [0.5, 0.6) is 0 Å². The van der Waals surface area contributed by atoms with Gasteiger partial charge in [0.05, 0.1) is 10.4 Å². The summed E-state index contributed by atoms with van der Waals surface area (Å²) in [5, 5.41) is 0. The van der Waals surface area contributed by atoms with E-state index in [9.17, 15) is 12.8 Å². The smallest absolute Gasteiger partial charge is 0.175 e. The lowest BCUT2D eigenvalue weighted by atomic mass is 10.2. The van der Waals surface area contributed by atoms with Crippen molar-refractivity contribution in [1.29, 1.82) is 0 Å². The first-order valence-electron chi connectivity index (χ1n) is 6.29. The molecule has 0 N–H and O–H groups in total. The monoisotopic (exact) mass is 376 g/mol. The Kier molecular flexibility index (Phi) is 5.79. The summed E-state index contributed by atoms with van der Waals surface area (Å²) in [6.45, 7) is 0. The Balaban J connectivity index is 0.00000132. The van der Waals surface area contributed by atoms with Gasteiger partial charge in [0, 0.05) is 18.9 Å². The van der Waals surface area contributed by atoms with Gasteiger partial charge in [-0.1, -0.05) is 6.07 Å². The maximum atomic E-state index is 13.8. The molecule has 4 nitrogen and oxygen atoms in total. The maximum Gasteiger partial charge on any atom is 0.175 e. The summed E-state index contributed by atoms with van der Waals surface area (Å²) in [4.78, 5) is 4.56. The first-order valence-corrected chi connectivity index (χ1v) is 8.18. The van der Waals surface area contributed by atoms with Crippen LogP contribution in [0.3, 0.4) is 0 Å². The fraction of sp³-hybridized carbons (Fsp3) is 0.133. The van der Waals surface area contributed by atoms with Crippen LogP contribution in [0.25, 0.3) is 22.4 Å². The molecule has 3 rings (SSSR count). The predicted molar refractivity (Wildman–Crippen MR) is 93.7 cm³/mol. The van der Waals surface area contributed by atoms with Crippen LogP contribution in [0.2, 0.25) is 0 Å². The summed E-state index contributed by atoms with van der Waals surface area (Å²) in [6.07, 6.45) is 1.16. The van der Waals surface area contributed by atoms with Crippen LogP contribution in [0.4, 0.5) is 4.39 Å². The van der Waals surface area contributed by atoms with E-state index in [0.29, 0.717) is 16.9 Å². The number of imidazole rings is 1. The normalized spacial score (nSPS) is 10.9. The summed E-state index contributed by atoms with van der Waals surface area (Å²) in [5.41, 5.74) is 1.74. The van der Waals surface area contributed by atoms with Crippen molar-refractivity contribution in [2.45, 2.75) is 4.90 Å². The second kappa shape index (κ2) is 6.86. The molecule has 8 heteroatoms. The minimum Gasteiger partial charge on any atom is -0.327 e. The van der Waals surface area contributed by atoms with E-state index in [1.165, 1.54) is 18.2 Å². The van der Waals surface area contributed by atoms with Gasteiger partial charge in [-0.2, -0.15) is 0 Å². The molecule has 3 aromatic rings. The zero-order chi connectivity index (χ0) is 15.2. The van der Waals surface area contributed by atoms with Gasteiger partial charge in [0.15, 0.2) is 15.7 Å². The van der Waals surface area contributed by atoms with E-state index in [-0.39, 0.29) is 35.5 Å². The van der Waals surface area contributed by atoms with Crippen molar-refractivity contribution < 1.29 is 12.8 Å². The largest absolute Gasteiger partial charge is 0.327 e. The molecule has 0 fully saturated rings. The number of halogens is 3. The van der Waals surface area contributed by atoms with Crippen LogP contribution in [0.15, 0.2) is 47.4 Å². The number of aryl methyl sites for hydroxylation is 1. The van der Waals surface area contributed by atoms with Crippen molar-refractivity contribution in [2.75, 3.05) is 6.26 Å². The lowest BCUT2D eigenvalue weighted by Crippen LogP contribution is -1.97. The van der Waals surface area contributed by atoms with Gasteiger partial charge < -0.3 is 4.57 Å². The number of fused-ring (bicyclic) bond motifs is 1. The Morgan fingerprint density at radius 3 is 2.17 bits per heavy atom. The first kappa shape index (κ1) is 19.4. The molecule has 0 atom stereocenters. The third-order valence-corrected chi connectivity index (χ3v) is 4.53. The van der Waals surface area contributed by atoms with Gasteiger partial charge in [-0.25, -0.2) is 17.8 Å². The molecule has 1 heterocycles. The summed E-state index contributed by atoms with van der Waals surface area (Å²) < 4.78 is 38.5. The van der Waals surface area contributed by atoms with Crippen LogP contribution in [-0.4, -0.2) is 24.2 Å². The Bertz CT molecular complexity index is 938. The van der Waals surface area contributed by atoms with E-state index >= 15 is 0 Å². The Morgan fingerprint density at radius 2 is 1.65 bits per heavy atom. The molecular formula is C15H15Cl2FN2O2S. The van der Waals surface area contributed by atoms with E-state index in [4.69, 9.17) is 0 Å². The summed E-state index contributed by atoms with van der Waals surface area (Å²) in [6, 6.07) is 11.2. The van der Waals surface area contributed by atoms with Crippen LogP contribution in [0, 0.1) is 5.82 Å². The van der Waals surface area contributed by atoms with Crippen molar-refractivity contribution in [1.82, 2.24) is 9.55 Å². The van der Waals surface area contributed by atoms with Crippen molar-refractivity contribution in [3.05, 3.63) is 48.3 Å². The molecule has 0 aliphatic carbocycles. The van der Waals surface area contributed by atoms with E-state index < -0.39 is 9.84 Å². The molecule has 0 radical (unpaired) electrons. The van der Waals surface area contributed by atoms with Crippen molar-refractivity contribution in [3.63, 3.8) is 0 Å². The topological polar surface area (TPSA) is 52.0 Å². The average molecular weight is 377 g/mol. The SMILES string of the molecule is Cl.Cl.Cn1c(-c2ccc(S(C)(=O)=O)cc2)nc2c(F)cccc21. The number of benzene rings is 2. The first-order chi connectivity index (χ1) is 9.88. The number of hydrogen-bond acceptors (Lipinski definition) is 3. The molecule has 2 aromatic carbocycles. The fourth-order valence-corrected chi connectivity index (χ4v) is 2.92. The molecule has 1 aromatic heterocycles. The highest BCUT2D eigenvalue weighted by Gasteiger charge is 2.13. The van der Waals surface area contributed by atoms with Gasteiger partial charge in [0.25, 0.3) is 0 Å². The second-order valence-electron chi connectivity index (χ2n) is 4.90. The van der Waals surface area contributed by atoms with E-state index in [1.54, 1.807) is 35.9 Å². The van der Waals surface area contributed by atoms with Crippen LogP contribution < -0.4 is 0 Å². The number of rotatable bonds is 2. The molecule has 0 spiro atoms. The number of nitrogens with zero attached hydrogens (tertiary/aromatic N) is 2. The van der Waals surface area contributed by atoms with Gasteiger partial charge in [-0.3, -0.25) is 0 Å². The average Bonchev–Trinajstić information content (AvgIpc) is 2.77. The zero-order valence-corrected chi connectivity index (χ0v) is 14.8. The predicted octanol–water partition coefficient (Wildman–Crippen LogP) is 3.63. The van der Waals surface area contributed by atoms with Gasteiger partial charge in [-0.15, -0.1) is 24.8 Å². The summed E-state index contributed by atoms with van der Waals surface area (Å²) in [7, 11) is -1.43. The third-order valence-electron chi connectivity index (χ3n) is 3.40. The molecule has 0 aliphatic rings. The molecule has 0 bridgehead atoms. The maximum absolute atomic E-state index is 13.8. The Morgan fingerprint density at radius 1 is 1.04 bits per heavy atom. The number of aromatic nitrogens is 2. The van der Waals surface area contributed by atoms with Gasteiger partial charge >= 0.3 is 0 Å². The summed E-state index contributed by atoms with van der Waals surface area (Å²) in [5.74, 6) is 0.220. The molecular weight excluding hydrogens is 362 g/mol. The van der Waals surface area contributed by atoms with Crippen molar-refractivity contribution in [3.8, 4) is 11.4 Å². The van der Waals surface area contributed by atoms with Crippen molar-refractivity contribution >= 4 is 45.7 Å². The zero-order valence-electron chi connectivity index (χ0n) is 12.4. The molecule has 0 saturated carbocycles. The van der Waals surface area contributed by atoms with Gasteiger partial charge in [0.1, 0.15) is 11.3 Å². The molecule has 0 amide bonds. The lowest BCUT2D eigenvalue weighted by Gasteiger charge is -2.03. The number of para-hydroxylation sites is 1. The Hall–Kier alpha value is -1.63. The third kappa shape index (κ3) is 3.49. The molecule has 0 saturated heterocycles. The highest BCUT2D eigenvalue weighted by molar-refractivity contribution is 7.90. The number of hydrogen-bond donors (Lipinski definition) is 0. The highest BCUT2D eigenvalue weighted by Crippen LogP contribution is 2.26. The lowest BCUT2D eigenvalue weighted by molar-refractivity contribution is 0.602. The van der Waals surface area contributed by atoms with Crippen LogP contribution >= 0.6 is 24.8 Å². The Labute approximate surface area is 146 Å².